The Morgan fingerprint density at radius 2 is 2.21 bits per heavy atom. The Labute approximate surface area is 118 Å². The fourth-order valence-electron chi connectivity index (χ4n) is 1.57. The minimum Gasteiger partial charge on any atom is -0.482 e. The summed E-state index contributed by atoms with van der Waals surface area (Å²) in [4.78, 5) is 11.4. The molecule has 0 amide bonds. The van der Waals surface area contributed by atoms with Gasteiger partial charge in [-0.1, -0.05) is 31.0 Å². The molecule has 0 aliphatic heterocycles. The number of carbonyl (C=O) groups is 1. The molecule has 0 bridgehead atoms. The van der Waals surface area contributed by atoms with Crippen LogP contribution in [0.25, 0.3) is 0 Å². The standard InChI is InChI=1S/C14H20ClNO3/c1-2-3-9-18-14(17)10-19-13-6-4-5-12(15)11(13)7-8-16/h4-6H,2-3,7-10,16H2,1H3. The lowest BCUT2D eigenvalue weighted by molar-refractivity contribution is -0.146. The zero-order chi connectivity index (χ0) is 14.1. The second kappa shape index (κ2) is 8.77. The predicted octanol–water partition coefficient (Wildman–Crippen LogP) is 2.56. The highest BCUT2D eigenvalue weighted by molar-refractivity contribution is 6.31. The Kier molecular flexibility index (Phi) is 7.30. The SMILES string of the molecule is CCCCOC(=O)COc1cccc(Cl)c1CCN. The first-order valence-corrected chi connectivity index (χ1v) is 6.82. The maximum absolute atomic E-state index is 11.4. The van der Waals surface area contributed by atoms with Gasteiger partial charge in [-0.25, -0.2) is 4.79 Å². The van der Waals surface area contributed by atoms with Gasteiger partial charge in [-0.15, -0.1) is 0 Å². The minimum atomic E-state index is -0.368. The van der Waals surface area contributed by atoms with Crippen molar-refractivity contribution in [3.63, 3.8) is 0 Å². The molecule has 5 heteroatoms. The number of halogens is 1. The average molecular weight is 286 g/mol. The summed E-state index contributed by atoms with van der Waals surface area (Å²) in [7, 11) is 0. The Bertz CT molecular complexity index is 410. The highest BCUT2D eigenvalue weighted by atomic mass is 35.5. The molecule has 1 aromatic carbocycles. The van der Waals surface area contributed by atoms with Crippen molar-refractivity contribution >= 4 is 17.6 Å². The Morgan fingerprint density at radius 1 is 1.42 bits per heavy atom. The van der Waals surface area contributed by atoms with Crippen LogP contribution in [0.1, 0.15) is 25.3 Å². The molecule has 0 saturated heterocycles. The lowest BCUT2D eigenvalue weighted by atomic mass is 10.1. The fourth-order valence-corrected chi connectivity index (χ4v) is 1.83. The molecule has 2 N–H and O–H groups in total. The van der Waals surface area contributed by atoms with Crippen LogP contribution in [0, 0.1) is 0 Å². The van der Waals surface area contributed by atoms with E-state index in [1.54, 1.807) is 18.2 Å². The molecule has 1 aromatic rings. The predicted molar refractivity (Wildman–Crippen MR) is 75.6 cm³/mol. The number of carbonyl (C=O) groups excluding carboxylic acids is 1. The number of rotatable bonds is 8. The molecule has 106 valence electrons. The lowest BCUT2D eigenvalue weighted by Crippen LogP contribution is -2.16. The molecule has 4 nitrogen and oxygen atoms in total. The van der Waals surface area contributed by atoms with Crippen LogP contribution in [0.15, 0.2) is 18.2 Å². The van der Waals surface area contributed by atoms with Gasteiger partial charge in [0.05, 0.1) is 6.61 Å². The summed E-state index contributed by atoms with van der Waals surface area (Å²) in [5.74, 6) is 0.220. The zero-order valence-electron chi connectivity index (χ0n) is 11.2. The van der Waals surface area contributed by atoms with Gasteiger partial charge < -0.3 is 15.2 Å². The van der Waals surface area contributed by atoms with Gasteiger partial charge in [0.15, 0.2) is 6.61 Å². The third-order valence-electron chi connectivity index (χ3n) is 2.58. The van der Waals surface area contributed by atoms with Gasteiger partial charge in [-0.2, -0.15) is 0 Å². The van der Waals surface area contributed by atoms with Gasteiger partial charge in [0.25, 0.3) is 0 Å². The van der Waals surface area contributed by atoms with Crippen molar-refractivity contribution in [2.75, 3.05) is 19.8 Å². The molecule has 0 saturated carbocycles. The molecule has 0 spiro atoms. The van der Waals surface area contributed by atoms with E-state index in [0.29, 0.717) is 30.3 Å². The van der Waals surface area contributed by atoms with E-state index in [2.05, 4.69) is 0 Å². The highest BCUT2D eigenvalue weighted by Crippen LogP contribution is 2.26. The summed E-state index contributed by atoms with van der Waals surface area (Å²) in [6.07, 6.45) is 2.46. The second-order valence-corrected chi connectivity index (χ2v) is 4.53. The number of nitrogens with two attached hydrogens (primary N) is 1. The smallest absolute Gasteiger partial charge is 0.344 e. The van der Waals surface area contributed by atoms with E-state index >= 15 is 0 Å². The van der Waals surface area contributed by atoms with E-state index in [1.807, 2.05) is 6.92 Å². The van der Waals surface area contributed by atoms with Crippen molar-refractivity contribution < 1.29 is 14.3 Å². The summed E-state index contributed by atoms with van der Waals surface area (Å²) in [6, 6.07) is 5.33. The van der Waals surface area contributed by atoms with Crippen molar-refractivity contribution in [3.05, 3.63) is 28.8 Å². The van der Waals surface area contributed by atoms with Gasteiger partial charge in [0.2, 0.25) is 0 Å². The Morgan fingerprint density at radius 3 is 2.89 bits per heavy atom. The van der Waals surface area contributed by atoms with Crippen LogP contribution >= 0.6 is 11.6 Å². The van der Waals surface area contributed by atoms with Crippen LogP contribution in [0.4, 0.5) is 0 Å². The van der Waals surface area contributed by atoms with Gasteiger partial charge in [0.1, 0.15) is 5.75 Å². The quantitative estimate of drug-likeness (QED) is 0.589. The van der Waals surface area contributed by atoms with E-state index in [1.165, 1.54) is 0 Å². The first-order valence-electron chi connectivity index (χ1n) is 6.45. The third kappa shape index (κ3) is 5.49. The highest BCUT2D eigenvalue weighted by Gasteiger charge is 2.10. The molecule has 0 aliphatic carbocycles. The summed E-state index contributed by atoms with van der Waals surface area (Å²) >= 11 is 6.07. The van der Waals surface area contributed by atoms with Crippen molar-refractivity contribution in [3.8, 4) is 5.75 Å². The molecule has 1 rings (SSSR count). The molecule has 19 heavy (non-hydrogen) atoms. The normalized spacial score (nSPS) is 10.3. The number of unbranched alkanes of at least 4 members (excludes halogenated alkanes) is 1. The molecule has 0 heterocycles. The summed E-state index contributed by atoms with van der Waals surface area (Å²) < 4.78 is 10.5. The molecule has 0 radical (unpaired) electrons. The van der Waals surface area contributed by atoms with Crippen molar-refractivity contribution in [2.24, 2.45) is 5.73 Å². The van der Waals surface area contributed by atoms with Crippen molar-refractivity contribution in [2.45, 2.75) is 26.2 Å². The molecule has 0 aromatic heterocycles. The molecule has 0 unspecified atom stereocenters. The first kappa shape index (κ1) is 15.8. The van der Waals surface area contributed by atoms with Gasteiger partial charge in [0, 0.05) is 10.6 Å². The van der Waals surface area contributed by atoms with Crippen molar-refractivity contribution in [1.29, 1.82) is 0 Å². The van der Waals surface area contributed by atoms with Crippen LogP contribution in [0.3, 0.4) is 0 Å². The lowest BCUT2D eigenvalue weighted by Gasteiger charge is -2.12. The Balaban J connectivity index is 2.52. The number of ether oxygens (including phenoxy) is 2. The van der Waals surface area contributed by atoms with Crippen LogP contribution < -0.4 is 10.5 Å². The van der Waals surface area contributed by atoms with E-state index in [0.717, 1.165) is 18.4 Å². The largest absolute Gasteiger partial charge is 0.482 e. The summed E-state index contributed by atoms with van der Waals surface area (Å²) in [6.45, 7) is 2.84. The van der Waals surface area contributed by atoms with E-state index < -0.39 is 0 Å². The summed E-state index contributed by atoms with van der Waals surface area (Å²) in [5.41, 5.74) is 6.36. The topological polar surface area (TPSA) is 61.5 Å². The van der Waals surface area contributed by atoms with Crippen LogP contribution in [0.5, 0.6) is 5.75 Å². The molecule has 0 aliphatic rings. The monoisotopic (exact) mass is 285 g/mol. The average Bonchev–Trinajstić information content (AvgIpc) is 2.40. The molecular weight excluding hydrogens is 266 g/mol. The molecule has 0 atom stereocenters. The summed E-state index contributed by atoms with van der Waals surface area (Å²) in [5, 5.41) is 0.599. The number of esters is 1. The fraction of sp³-hybridized carbons (Fsp3) is 0.500. The number of hydrogen-bond donors (Lipinski definition) is 1. The van der Waals surface area contributed by atoms with Crippen LogP contribution in [0.2, 0.25) is 5.02 Å². The van der Waals surface area contributed by atoms with Gasteiger partial charge >= 0.3 is 5.97 Å². The maximum Gasteiger partial charge on any atom is 0.344 e. The molecule has 0 fully saturated rings. The second-order valence-electron chi connectivity index (χ2n) is 4.12. The van der Waals surface area contributed by atoms with Crippen molar-refractivity contribution in [1.82, 2.24) is 0 Å². The van der Waals surface area contributed by atoms with Crippen LogP contribution in [-0.2, 0) is 16.0 Å². The van der Waals surface area contributed by atoms with E-state index in [-0.39, 0.29) is 12.6 Å². The number of hydrogen-bond acceptors (Lipinski definition) is 4. The first-order chi connectivity index (χ1) is 9.19. The molecular formula is C14H20ClNO3. The minimum absolute atomic E-state index is 0.109. The van der Waals surface area contributed by atoms with E-state index in [4.69, 9.17) is 26.8 Å². The van der Waals surface area contributed by atoms with E-state index in [9.17, 15) is 4.79 Å². The van der Waals surface area contributed by atoms with Gasteiger partial charge in [-0.3, -0.25) is 0 Å². The number of benzene rings is 1. The zero-order valence-corrected chi connectivity index (χ0v) is 11.9. The maximum atomic E-state index is 11.4. The Hall–Kier alpha value is -1.26. The van der Waals surface area contributed by atoms with Gasteiger partial charge in [-0.05, 0) is 31.5 Å². The third-order valence-corrected chi connectivity index (χ3v) is 2.93. The van der Waals surface area contributed by atoms with Crippen LogP contribution in [-0.4, -0.2) is 25.7 Å².